The summed E-state index contributed by atoms with van der Waals surface area (Å²) in [4.78, 5) is 11.0. The fourth-order valence-corrected chi connectivity index (χ4v) is 1.82. The molecule has 2 heteroatoms. The van der Waals surface area contributed by atoms with Crippen LogP contribution in [0.2, 0.25) is 0 Å². The molecule has 2 atom stereocenters. The number of ketones is 1. The predicted molar refractivity (Wildman–Crippen MR) is 48.0 cm³/mol. The highest BCUT2D eigenvalue weighted by molar-refractivity contribution is 5.78. The van der Waals surface area contributed by atoms with Gasteiger partial charge in [-0.25, -0.2) is 0 Å². The van der Waals surface area contributed by atoms with Gasteiger partial charge in [-0.1, -0.05) is 0 Å². The summed E-state index contributed by atoms with van der Waals surface area (Å²) in [6, 6.07) is 0. The van der Waals surface area contributed by atoms with Gasteiger partial charge in [-0.15, -0.1) is 0 Å². The highest BCUT2D eigenvalue weighted by atomic mass is 16.5. The van der Waals surface area contributed by atoms with E-state index >= 15 is 0 Å². The molecule has 0 radical (unpaired) electrons. The Kier molecular flexibility index (Phi) is 3.27. The lowest BCUT2D eigenvalue weighted by atomic mass is 10.0. The van der Waals surface area contributed by atoms with Gasteiger partial charge in [0.2, 0.25) is 0 Å². The molecule has 70 valence electrons. The number of carbonyl (C=O) groups is 1. The minimum absolute atomic E-state index is 0.272. The van der Waals surface area contributed by atoms with Crippen molar-refractivity contribution in [2.45, 2.75) is 52.2 Å². The summed E-state index contributed by atoms with van der Waals surface area (Å²) in [5, 5.41) is 0. The van der Waals surface area contributed by atoms with Crippen molar-refractivity contribution in [2.75, 3.05) is 0 Å². The van der Waals surface area contributed by atoms with E-state index in [1.54, 1.807) is 6.92 Å². The van der Waals surface area contributed by atoms with Gasteiger partial charge in [-0.05, 0) is 40.0 Å². The average molecular weight is 170 g/mol. The van der Waals surface area contributed by atoms with Crippen LogP contribution < -0.4 is 0 Å². The maximum Gasteiger partial charge on any atom is 0.133 e. The molecule has 12 heavy (non-hydrogen) atoms. The van der Waals surface area contributed by atoms with E-state index < -0.39 is 0 Å². The smallest absolute Gasteiger partial charge is 0.133 e. The van der Waals surface area contributed by atoms with E-state index in [-0.39, 0.29) is 5.92 Å². The maximum absolute atomic E-state index is 11.0. The molecule has 2 unspecified atom stereocenters. The summed E-state index contributed by atoms with van der Waals surface area (Å²) >= 11 is 0. The second kappa shape index (κ2) is 4.04. The monoisotopic (exact) mass is 170 g/mol. The van der Waals surface area contributed by atoms with Crippen molar-refractivity contribution in [3.8, 4) is 0 Å². The summed E-state index contributed by atoms with van der Waals surface area (Å²) in [7, 11) is 0. The van der Waals surface area contributed by atoms with E-state index in [1.165, 1.54) is 0 Å². The van der Waals surface area contributed by atoms with E-state index in [4.69, 9.17) is 4.74 Å². The first-order valence-electron chi connectivity index (χ1n) is 4.75. The molecule has 0 amide bonds. The number of ether oxygens (including phenoxy) is 1. The lowest BCUT2D eigenvalue weighted by Crippen LogP contribution is -2.15. The van der Waals surface area contributed by atoms with Crippen LogP contribution in [0.5, 0.6) is 0 Å². The Balaban J connectivity index is 2.30. The lowest BCUT2D eigenvalue weighted by Gasteiger charge is -2.14. The van der Waals surface area contributed by atoms with Gasteiger partial charge in [0.1, 0.15) is 5.78 Å². The van der Waals surface area contributed by atoms with Gasteiger partial charge >= 0.3 is 0 Å². The fourth-order valence-electron chi connectivity index (χ4n) is 1.82. The van der Waals surface area contributed by atoms with Crippen LogP contribution in [-0.4, -0.2) is 18.0 Å². The van der Waals surface area contributed by atoms with Crippen molar-refractivity contribution >= 4 is 5.78 Å². The van der Waals surface area contributed by atoms with Gasteiger partial charge in [-0.2, -0.15) is 0 Å². The Morgan fingerprint density at radius 2 is 2.08 bits per heavy atom. The quantitative estimate of drug-likeness (QED) is 0.649. The maximum atomic E-state index is 11.0. The molecule has 0 N–H and O–H groups in total. The second-order valence-corrected chi connectivity index (χ2v) is 3.93. The molecular weight excluding hydrogens is 152 g/mol. The van der Waals surface area contributed by atoms with E-state index in [0.717, 1.165) is 19.3 Å². The van der Waals surface area contributed by atoms with Crippen molar-refractivity contribution in [3.05, 3.63) is 0 Å². The van der Waals surface area contributed by atoms with Crippen LogP contribution in [0.25, 0.3) is 0 Å². The first-order valence-corrected chi connectivity index (χ1v) is 4.75. The van der Waals surface area contributed by atoms with Crippen LogP contribution in [0, 0.1) is 5.92 Å². The third-order valence-electron chi connectivity index (χ3n) is 2.42. The Morgan fingerprint density at radius 3 is 2.50 bits per heavy atom. The predicted octanol–water partition coefficient (Wildman–Crippen LogP) is 2.17. The number of carbonyl (C=O) groups excluding carboxylic acids is 1. The van der Waals surface area contributed by atoms with Gasteiger partial charge in [0.15, 0.2) is 0 Å². The third-order valence-corrected chi connectivity index (χ3v) is 2.42. The summed E-state index contributed by atoms with van der Waals surface area (Å²) < 4.78 is 5.64. The Hall–Kier alpha value is -0.370. The first-order chi connectivity index (χ1) is 5.59. The van der Waals surface area contributed by atoms with Gasteiger partial charge < -0.3 is 4.74 Å². The Morgan fingerprint density at radius 1 is 1.42 bits per heavy atom. The molecule has 1 fully saturated rings. The van der Waals surface area contributed by atoms with Crippen LogP contribution in [-0.2, 0) is 9.53 Å². The molecule has 0 aliphatic heterocycles. The summed E-state index contributed by atoms with van der Waals surface area (Å²) in [5.74, 6) is 0.596. The molecule has 1 rings (SSSR count). The SMILES string of the molecule is CC(=O)C1CCC(OC(C)C)C1. The van der Waals surface area contributed by atoms with E-state index in [2.05, 4.69) is 0 Å². The van der Waals surface area contributed by atoms with Crippen molar-refractivity contribution in [1.29, 1.82) is 0 Å². The summed E-state index contributed by atoms with van der Waals surface area (Å²) in [5.41, 5.74) is 0. The zero-order chi connectivity index (χ0) is 9.14. The molecular formula is C10H18O2. The van der Waals surface area contributed by atoms with Crippen molar-refractivity contribution in [2.24, 2.45) is 5.92 Å². The molecule has 1 aliphatic rings. The molecule has 1 saturated carbocycles. The molecule has 0 aromatic rings. The van der Waals surface area contributed by atoms with Gasteiger partial charge in [0, 0.05) is 5.92 Å². The zero-order valence-corrected chi connectivity index (χ0v) is 8.17. The molecule has 1 aliphatic carbocycles. The molecule has 0 saturated heterocycles. The van der Waals surface area contributed by atoms with E-state index in [1.807, 2.05) is 13.8 Å². The summed E-state index contributed by atoms with van der Waals surface area (Å²) in [6.45, 7) is 5.77. The number of rotatable bonds is 3. The molecule has 0 spiro atoms. The van der Waals surface area contributed by atoms with Crippen LogP contribution in [0.1, 0.15) is 40.0 Å². The van der Waals surface area contributed by atoms with Crippen LogP contribution in [0.15, 0.2) is 0 Å². The molecule has 2 nitrogen and oxygen atoms in total. The number of hydrogen-bond acceptors (Lipinski definition) is 2. The van der Waals surface area contributed by atoms with Crippen LogP contribution >= 0.6 is 0 Å². The lowest BCUT2D eigenvalue weighted by molar-refractivity contribution is -0.121. The molecule has 0 aromatic heterocycles. The third kappa shape index (κ3) is 2.59. The average Bonchev–Trinajstić information content (AvgIpc) is 2.34. The molecule has 0 bridgehead atoms. The van der Waals surface area contributed by atoms with Crippen LogP contribution in [0.3, 0.4) is 0 Å². The Bertz CT molecular complexity index is 163. The van der Waals surface area contributed by atoms with Gasteiger partial charge in [0.25, 0.3) is 0 Å². The van der Waals surface area contributed by atoms with Gasteiger partial charge in [-0.3, -0.25) is 4.79 Å². The highest BCUT2D eigenvalue weighted by Gasteiger charge is 2.28. The normalized spacial score (nSPS) is 29.7. The highest BCUT2D eigenvalue weighted by Crippen LogP contribution is 2.28. The number of hydrogen-bond donors (Lipinski definition) is 0. The van der Waals surface area contributed by atoms with Crippen LogP contribution in [0.4, 0.5) is 0 Å². The fraction of sp³-hybridized carbons (Fsp3) is 0.900. The first kappa shape index (κ1) is 9.72. The number of Topliss-reactive ketones (excluding diaryl/α,β-unsaturated/α-hetero) is 1. The minimum Gasteiger partial charge on any atom is -0.376 e. The molecule has 0 heterocycles. The second-order valence-electron chi connectivity index (χ2n) is 3.93. The zero-order valence-electron chi connectivity index (χ0n) is 8.17. The van der Waals surface area contributed by atoms with Crippen molar-refractivity contribution in [3.63, 3.8) is 0 Å². The molecule has 0 aromatic carbocycles. The van der Waals surface area contributed by atoms with Crippen molar-refractivity contribution in [1.82, 2.24) is 0 Å². The Labute approximate surface area is 74.3 Å². The van der Waals surface area contributed by atoms with E-state index in [0.29, 0.717) is 18.0 Å². The summed E-state index contributed by atoms with van der Waals surface area (Å²) in [6.07, 6.45) is 3.64. The minimum atomic E-state index is 0.272. The van der Waals surface area contributed by atoms with E-state index in [9.17, 15) is 4.79 Å². The van der Waals surface area contributed by atoms with Gasteiger partial charge in [0.05, 0.1) is 12.2 Å². The topological polar surface area (TPSA) is 26.3 Å². The standard InChI is InChI=1S/C10H18O2/c1-7(2)12-10-5-4-9(6-10)8(3)11/h7,9-10H,4-6H2,1-3H3. The largest absolute Gasteiger partial charge is 0.376 e. The van der Waals surface area contributed by atoms with Crippen molar-refractivity contribution < 1.29 is 9.53 Å².